The van der Waals surface area contributed by atoms with Gasteiger partial charge in [0, 0.05) is 38.3 Å². The lowest BCUT2D eigenvalue weighted by atomic mass is 10.0. The van der Waals surface area contributed by atoms with Gasteiger partial charge in [-0.2, -0.15) is 4.31 Å². The number of nitrogens with zero attached hydrogens (tertiary/aromatic N) is 2. The molecule has 4 atom stereocenters. The van der Waals surface area contributed by atoms with Gasteiger partial charge in [-0.1, -0.05) is 24.6 Å². The third-order valence-corrected chi connectivity index (χ3v) is 11.8. The van der Waals surface area contributed by atoms with Gasteiger partial charge in [-0.25, -0.2) is 21.2 Å². The van der Waals surface area contributed by atoms with E-state index < -0.39 is 49.8 Å². The molecule has 0 radical (unpaired) electrons. The molecule has 0 saturated carbocycles. The Kier molecular flexibility index (Phi) is 12.8. The molecular formula is C35H46FN3O8S2. The smallest absolute Gasteiger partial charge is 0.261 e. The number of aryl methyl sites for hydroxylation is 1. The van der Waals surface area contributed by atoms with Gasteiger partial charge in [-0.3, -0.25) is 9.52 Å². The number of fused-ring (bicyclic) bond motifs is 1. The van der Waals surface area contributed by atoms with Crippen LogP contribution >= 0.6 is 0 Å². The fourth-order valence-electron chi connectivity index (χ4n) is 5.52. The number of nitrogens with one attached hydrogen (secondary N) is 1. The van der Waals surface area contributed by atoms with Crippen LogP contribution in [0.3, 0.4) is 0 Å². The number of hydrogen-bond donors (Lipinski definition) is 2. The predicted octanol–water partition coefficient (Wildman–Crippen LogP) is 5.05. The maximum Gasteiger partial charge on any atom is 0.261 e. The first-order chi connectivity index (χ1) is 23.1. The average molecular weight is 720 g/mol. The number of anilines is 1. The Bertz CT molecular complexity index is 1790. The standard InChI is InChI=1S/C35H46FN3O8S2/c1-24-9-14-30(15-10-24)48(42,43)37-29-13-18-33-32(20-29)35(41)39(26(3)23-40)21-25(2)34(46-19-7-6-8-27(4)47-33)22-38(5)49(44,45)31-16-11-28(36)12-17-31/h9-18,20,25-27,34,37,40H,6-8,19,21-23H2,1-5H3/t25-,26-,27-,34-/m1/s1. The highest BCUT2D eigenvalue weighted by Crippen LogP contribution is 2.30. The van der Waals surface area contributed by atoms with Crippen LogP contribution in [0.1, 0.15) is 56.0 Å². The molecule has 1 heterocycles. The molecule has 49 heavy (non-hydrogen) atoms. The van der Waals surface area contributed by atoms with E-state index in [1.165, 1.54) is 48.3 Å². The summed E-state index contributed by atoms with van der Waals surface area (Å²) >= 11 is 0. The highest BCUT2D eigenvalue weighted by Gasteiger charge is 2.32. The summed E-state index contributed by atoms with van der Waals surface area (Å²) in [5.41, 5.74) is 1.17. The van der Waals surface area contributed by atoms with E-state index in [0.29, 0.717) is 19.4 Å². The van der Waals surface area contributed by atoms with E-state index in [9.17, 15) is 31.1 Å². The minimum absolute atomic E-state index is 0.0442. The van der Waals surface area contributed by atoms with Crippen LogP contribution in [0.15, 0.2) is 76.5 Å². The number of hydrogen-bond acceptors (Lipinski definition) is 8. The quantitative estimate of drug-likeness (QED) is 0.313. The van der Waals surface area contributed by atoms with Crippen molar-refractivity contribution in [3.05, 3.63) is 83.7 Å². The van der Waals surface area contributed by atoms with E-state index in [2.05, 4.69) is 4.72 Å². The van der Waals surface area contributed by atoms with E-state index in [-0.39, 0.29) is 52.6 Å². The Balaban J connectivity index is 1.67. The van der Waals surface area contributed by atoms with Gasteiger partial charge in [0.15, 0.2) is 0 Å². The van der Waals surface area contributed by atoms with E-state index in [1.807, 2.05) is 20.8 Å². The molecule has 2 N–H and O–H groups in total. The van der Waals surface area contributed by atoms with Crippen molar-refractivity contribution in [1.82, 2.24) is 9.21 Å². The highest BCUT2D eigenvalue weighted by molar-refractivity contribution is 7.92. The maximum absolute atomic E-state index is 14.4. The lowest BCUT2D eigenvalue weighted by Gasteiger charge is -2.35. The van der Waals surface area contributed by atoms with Gasteiger partial charge in [-0.05, 0) is 94.6 Å². The Labute approximate surface area is 289 Å². The minimum atomic E-state index is -3.98. The van der Waals surface area contributed by atoms with Gasteiger partial charge in [0.05, 0.1) is 40.2 Å². The number of likely N-dealkylation sites (N-methyl/N-ethyl adjacent to an activating group) is 1. The van der Waals surface area contributed by atoms with Crippen LogP contribution in [0, 0.1) is 18.7 Å². The summed E-state index contributed by atoms with van der Waals surface area (Å²) in [4.78, 5) is 15.8. The van der Waals surface area contributed by atoms with E-state index in [0.717, 1.165) is 28.4 Å². The van der Waals surface area contributed by atoms with Gasteiger partial charge >= 0.3 is 0 Å². The first-order valence-electron chi connectivity index (χ1n) is 16.3. The third kappa shape index (κ3) is 9.79. The molecule has 0 unspecified atom stereocenters. The number of amides is 1. The molecule has 3 aromatic rings. The van der Waals surface area contributed by atoms with Gasteiger partial charge in [0.2, 0.25) is 10.0 Å². The molecule has 0 bridgehead atoms. The van der Waals surface area contributed by atoms with Crippen LogP contribution in [0.5, 0.6) is 5.75 Å². The van der Waals surface area contributed by atoms with Crippen molar-refractivity contribution >= 4 is 31.6 Å². The van der Waals surface area contributed by atoms with Crippen molar-refractivity contribution in [2.75, 3.05) is 38.1 Å². The predicted molar refractivity (Wildman–Crippen MR) is 185 cm³/mol. The van der Waals surface area contributed by atoms with Crippen LogP contribution in [-0.4, -0.2) is 88.7 Å². The van der Waals surface area contributed by atoms with E-state index in [1.54, 1.807) is 25.1 Å². The van der Waals surface area contributed by atoms with Gasteiger partial charge in [0.1, 0.15) is 11.6 Å². The molecule has 0 aromatic heterocycles. The summed E-state index contributed by atoms with van der Waals surface area (Å²) in [5, 5.41) is 10.2. The van der Waals surface area contributed by atoms with Crippen LogP contribution in [0.4, 0.5) is 10.1 Å². The van der Waals surface area contributed by atoms with Crippen LogP contribution in [0.25, 0.3) is 0 Å². The summed E-state index contributed by atoms with van der Waals surface area (Å²) in [6.45, 7) is 7.26. The number of aliphatic hydroxyl groups is 1. The van der Waals surface area contributed by atoms with Crippen LogP contribution in [-0.2, 0) is 24.8 Å². The zero-order valence-electron chi connectivity index (χ0n) is 28.5. The molecule has 1 aliphatic rings. The first kappa shape index (κ1) is 38.2. The molecule has 0 spiro atoms. The monoisotopic (exact) mass is 719 g/mol. The fraction of sp³-hybridized carbons (Fsp3) is 0.457. The average Bonchev–Trinajstić information content (AvgIpc) is 3.06. The minimum Gasteiger partial charge on any atom is -0.490 e. The topological polar surface area (TPSA) is 143 Å². The molecule has 1 amide bonds. The Morgan fingerprint density at radius 1 is 1.00 bits per heavy atom. The SMILES string of the molecule is Cc1ccc(S(=O)(=O)Nc2ccc3c(c2)C(=O)N([C@H](C)CO)C[C@@H](C)[C@@H](CN(C)S(=O)(=O)c2ccc(F)cc2)OCCCC[C@@H](C)O3)cc1. The van der Waals surface area contributed by atoms with Crippen molar-refractivity contribution < 1.29 is 40.6 Å². The molecule has 11 nitrogen and oxygen atoms in total. The highest BCUT2D eigenvalue weighted by atomic mass is 32.2. The molecule has 14 heteroatoms. The van der Waals surface area contributed by atoms with Gasteiger partial charge in [-0.15, -0.1) is 0 Å². The summed E-state index contributed by atoms with van der Waals surface area (Å²) < 4.78 is 82.8. The Morgan fingerprint density at radius 3 is 2.31 bits per heavy atom. The van der Waals surface area contributed by atoms with Gasteiger partial charge < -0.3 is 19.5 Å². The summed E-state index contributed by atoms with van der Waals surface area (Å²) in [6, 6.07) is 14.8. The molecule has 3 aromatic carbocycles. The zero-order valence-corrected chi connectivity index (χ0v) is 30.1. The van der Waals surface area contributed by atoms with Crippen molar-refractivity contribution in [2.45, 2.75) is 75.0 Å². The number of sulfonamides is 2. The lowest BCUT2D eigenvalue weighted by Crippen LogP contribution is -2.48. The molecule has 1 aliphatic heterocycles. The first-order valence-corrected chi connectivity index (χ1v) is 19.2. The number of rotatable bonds is 9. The molecule has 0 fully saturated rings. The van der Waals surface area contributed by atoms with Crippen molar-refractivity contribution in [2.24, 2.45) is 5.92 Å². The van der Waals surface area contributed by atoms with Gasteiger partial charge in [0.25, 0.3) is 15.9 Å². The largest absolute Gasteiger partial charge is 0.490 e. The molecule has 268 valence electrons. The number of aliphatic hydroxyl groups excluding tert-OH is 1. The zero-order chi connectivity index (χ0) is 35.9. The molecule has 0 aliphatic carbocycles. The fourth-order valence-corrected chi connectivity index (χ4v) is 7.75. The van der Waals surface area contributed by atoms with Crippen molar-refractivity contribution in [3.8, 4) is 5.75 Å². The molecule has 4 rings (SSSR count). The van der Waals surface area contributed by atoms with E-state index >= 15 is 0 Å². The second-order valence-corrected chi connectivity index (χ2v) is 16.4. The van der Waals surface area contributed by atoms with Crippen molar-refractivity contribution in [1.29, 1.82) is 0 Å². The number of carbonyl (C=O) groups is 1. The third-order valence-electron chi connectivity index (χ3n) is 8.59. The number of halogens is 1. The van der Waals surface area contributed by atoms with Crippen molar-refractivity contribution in [3.63, 3.8) is 0 Å². The lowest BCUT2D eigenvalue weighted by molar-refractivity contribution is -0.00834. The second-order valence-electron chi connectivity index (χ2n) is 12.7. The Morgan fingerprint density at radius 2 is 1.65 bits per heavy atom. The van der Waals surface area contributed by atoms with Crippen LogP contribution < -0.4 is 9.46 Å². The summed E-state index contributed by atoms with van der Waals surface area (Å²) in [7, 11) is -6.53. The number of benzene rings is 3. The second kappa shape index (κ2) is 16.4. The summed E-state index contributed by atoms with van der Waals surface area (Å²) in [5.74, 6) is -1.20. The van der Waals surface area contributed by atoms with Crippen LogP contribution in [0.2, 0.25) is 0 Å². The molecule has 0 saturated heterocycles. The number of ether oxygens (including phenoxy) is 2. The molecular weight excluding hydrogens is 674 g/mol. The summed E-state index contributed by atoms with van der Waals surface area (Å²) in [6.07, 6.45) is 1.10. The number of carbonyl (C=O) groups excluding carboxylic acids is 1. The maximum atomic E-state index is 14.4. The Hall–Kier alpha value is -3.56. The van der Waals surface area contributed by atoms with E-state index in [4.69, 9.17) is 9.47 Å². The normalized spacial score (nSPS) is 20.6.